The van der Waals surface area contributed by atoms with Gasteiger partial charge in [0.1, 0.15) is 11.5 Å². The summed E-state index contributed by atoms with van der Waals surface area (Å²) >= 11 is 0. The fourth-order valence-electron chi connectivity index (χ4n) is 7.13. The topological polar surface area (TPSA) is 52.6 Å². The number of ether oxygens (including phenoxy) is 1. The van der Waals surface area contributed by atoms with Gasteiger partial charge in [-0.25, -0.2) is 4.98 Å². The quantitative estimate of drug-likeness (QED) is 0.194. The largest absolute Gasteiger partial charge is 0.456 e. The van der Waals surface area contributed by atoms with Crippen molar-refractivity contribution in [3.63, 3.8) is 0 Å². The Morgan fingerprint density at radius 1 is 0.708 bits per heavy atom. The normalized spacial score (nSPS) is 19.1. The Labute approximate surface area is 292 Å². The number of hydrogen-bond donors (Lipinski definition) is 0. The van der Waals surface area contributed by atoms with E-state index in [1.54, 1.807) is 61.5 Å². The standard InChI is InChI=1S/C43H35N3O2/c1-24-15-19-28(37-25(2)18-22-35-41(37)48-42-45-32-12-8-9-13-34(32)46(35)42)23-29(24)39-27(4)17-21-33(44-39)38-26(3)16-20-31-40(38)47-36-14-10-7-11-30(36)43(31,5)6/h7-23H,1-6H3/i1D3,4D3,5D3. The Morgan fingerprint density at radius 2 is 1.48 bits per heavy atom. The summed E-state index contributed by atoms with van der Waals surface area (Å²) in [5, 5.41) is 0. The highest BCUT2D eigenvalue weighted by Crippen LogP contribution is 2.52. The molecule has 234 valence electrons. The van der Waals surface area contributed by atoms with E-state index < -0.39 is 26.0 Å². The van der Waals surface area contributed by atoms with Crippen LogP contribution in [0.1, 0.15) is 59.5 Å². The average Bonchev–Trinajstić information content (AvgIpc) is 3.69. The summed E-state index contributed by atoms with van der Waals surface area (Å²) in [6.45, 7) is -2.38. The number of para-hydroxylation sites is 3. The first-order valence-corrected chi connectivity index (χ1v) is 15.8. The number of aryl methyl sites for hydroxylation is 4. The van der Waals surface area contributed by atoms with E-state index in [0.717, 1.165) is 22.1 Å². The molecule has 4 heterocycles. The molecule has 0 N–H and O–H groups in total. The van der Waals surface area contributed by atoms with Crippen LogP contribution in [-0.2, 0) is 5.41 Å². The van der Waals surface area contributed by atoms with E-state index in [-0.39, 0.29) is 28.1 Å². The number of nitrogens with zero attached hydrogens (tertiary/aromatic N) is 3. The summed E-state index contributed by atoms with van der Waals surface area (Å²) in [5.41, 5.74) is 5.85. The maximum Gasteiger partial charge on any atom is 0.307 e. The van der Waals surface area contributed by atoms with E-state index in [1.807, 2.05) is 54.6 Å². The summed E-state index contributed by atoms with van der Waals surface area (Å²) in [6.07, 6.45) is 0. The molecule has 0 aliphatic carbocycles. The summed E-state index contributed by atoms with van der Waals surface area (Å²) in [4.78, 5) is 9.69. The number of oxazole rings is 1. The maximum atomic E-state index is 8.69. The van der Waals surface area contributed by atoms with Gasteiger partial charge in [-0.3, -0.25) is 4.40 Å². The van der Waals surface area contributed by atoms with Crippen molar-refractivity contribution in [3.05, 3.63) is 137 Å². The number of aromatic nitrogens is 3. The fourth-order valence-corrected chi connectivity index (χ4v) is 7.13. The highest BCUT2D eigenvalue weighted by Gasteiger charge is 2.36. The van der Waals surface area contributed by atoms with Crippen LogP contribution >= 0.6 is 0 Å². The summed E-state index contributed by atoms with van der Waals surface area (Å²) in [7, 11) is 0. The number of benzene rings is 5. The van der Waals surface area contributed by atoms with Crippen molar-refractivity contribution >= 4 is 28.0 Å². The van der Waals surface area contributed by atoms with Gasteiger partial charge in [-0.05, 0) is 91.8 Å². The lowest BCUT2D eigenvalue weighted by molar-refractivity contribution is 0.419. The van der Waals surface area contributed by atoms with Crippen LogP contribution in [0.3, 0.4) is 0 Å². The summed E-state index contributed by atoms with van der Waals surface area (Å²) in [6, 6.07) is 30.1. The summed E-state index contributed by atoms with van der Waals surface area (Å²) < 4.78 is 92.4. The molecule has 8 aromatic rings. The van der Waals surface area contributed by atoms with E-state index in [2.05, 4.69) is 4.98 Å². The molecule has 5 nitrogen and oxygen atoms in total. The molecule has 0 saturated heterocycles. The van der Waals surface area contributed by atoms with Gasteiger partial charge in [-0.1, -0.05) is 80.5 Å². The van der Waals surface area contributed by atoms with Crippen molar-refractivity contribution in [2.24, 2.45) is 0 Å². The zero-order chi connectivity index (χ0) is 40.4. The highest BCUT2D eigenvalue weighted by atomic mass is 16.5. The van der Waals surface area contributed by atoms with Crippen LogP contribution in [0.25, 0.3) is 61.6 Å². The molecule has 1 unspecified atom stereocenters. The van der Waals surface area contributed by atoms with Gasteiger partial charge in [0.15, 0.2) is 5.58 Å². The van der Waals surface area contributed by atoms with Gasteiger partial charge in [-0.15, -0.1) is 0 Å². The summed E-state index contributed by atoms with van der Waals surface area (Å²) in [5.74, 6) is 1.07. The number of fused-ring (bicyclic) bond motifs is 7. The van der Waals surface area contributed by atoms with Crippen molar-refractivity contribution in [3.8, 4) is 45.1 Å². The van der Waals surface area contributed by atoms with E-state index in [0.29, 0.717) is 56.3 Å². The minimum absolute atomic E-state index is 0.0441. The minimum atomic E-state index is -2.69. The Morgan fingerprint density at radius 3 is 2.35 bits per heavy atom. The van der Waals surface area contributed by atoms with Crippen LogP contribution in [0, 0.1) is 27.6 Å². The van der Waals surface area contributed by atoms with Gasteiger partial charge in [0.25, 0.3) is 0 Å². The number of hydrogen-bond acceptors (Lipinski definition) is 4. The molecule has 5 aromatic carbocycles. The second-order valence-corrected chi connectivity index (χ2v) is 12.6. The third-order valence-electron chi connectivity index (χ3n) is 9.57. The lowest BCUT2D eigenvalue weighted by atomic mass is 9.74. The molecule has 48 heavy (non-hydrogen) atoms. The first-order valence-electron chi connectivity index (χ1n) is 20.3. The third kappa shape index (κ3) is 4.03. The molecule has 0 amide bonds. The van der Waals surface area contributed by atoms with Crippen molar-refractivity contribution in [2.75, 3.05) is 0 Å². The van der Waals surface area contributed by atoms with Crippen molar-refractivity contribution in [1.82, 2.24) is 14.4 Å². The van der Waals surface area contributed by atoms with Gasteiger partial charge in [-0.2, -0.15) is 4.98 Å². The van der Waals surface area contributed by atoms with Crippen molar-refractivity contribution < 1.29 is 21.5 Å². The van der Waals surface area contributed by atoms with Gasteiger partial charge in [0.05, 0.1) is 27.9 Å². The van der Waals surface area contributed by atoms with Gasteiger partial charge >= 0.3 is 5.84 Å². The molecule has 5 heteroatoms. The molecule has 0 radical (unpaired) electrons. The maximum absolute atomic E-state index is 8.69. The highest BCUT2D eigenvalue weighted by molar-refractivity contribution is 5.98. The second-order valence-electron chi connectivity index (χ2n) is 12.6. The van der Waals surface area contributed by atoms with E-state index in [4.69, 9.17) is 26.5 Å². The van der Waals surface area contributed by atoms with E-state index >= 15 is 0 Å². The first kappa shape index (κ1) is 20.5. The Kier molecular flexibility index (Phi) is 4.35. The average molecular weight is 635 g/mol. The van der Waals surface area contributed by atoms with Crippen molar-refractivity contribution in [2.45, 2.75) is 46.7 Å². The fraction of sp³-hybridized carbons (Fsp3) is 0.163. The molecule has 0 bridgehead atoms. The lowest BCUT2D eigenvalue weighted by Crippen LogP contribution is -2.24. The number of pyridine rings is 1. The van der Waals surface area contributed by atoms with Gasteiger partial charge < -0.3 is 9.15 Å². The van der Waals surface area contributed by atoms with Crippen LogP contribution in [0.4, 0.5) is 0 Å². The zero-order valence-electron chi connectivity index (χ0n) is 35.5. The molecule has 9 rings (SSSR count). The molecule has 0 saturated carbocycles. The van der Waals surface area contributed by atoms with Crippen LogP contribution in [0.2, 0.25) is 0 Å². The number of rotatable bonds is 3. The molecule has 0 spiro atoms. The van der Waals surface area contributed by atoms with Crippen LogP contribution in [0.5, 0.6) is 11.5 Å². The predicted molar refractivity (Wildman–Crippen MR) is 194 cm³/mol. The molecule has 3 aromatic heterocycles. The molecule has 0 fully saturated rings. The molecular formula is C43H35N3O2. The Hall–Kier alpha value is -5.68. The molecule has 1 aliphatic heterocycles. The van der Waals surface area contributed by atoms with Gasteiger partial charge in [0.2, 0.25) is 0 Å². The van der Waals surface area contributed by atoms with Gasteiger partial charge in [0, 0.05) is 45.6 Å². The van der Waals surface area contributed by atoms with Crippen LogP contribution in [0.15, 0.2) is 108 Å². The Balaban J connectivity index is 1.30. The van der Waals surface area contributed by atoms with E-state index in [9.17, 15) is 0 Å². The van der Waals surface area contributed by atoms with E-state index in [1.165, 1.54) is 12.1 Å². The molecular weight excluding hydrogens is 590 g/mol. The zero-order valence-corrected chi connectivity index (χ0v) is 26.5. The van der Waals surface area contributed by atoms with Crippen LogP contribution < -0.4 is 4.74 Å². The smallest absolute Gasteiger partial charge is 0.307 e. The molecule has 1 atom stereocenters. The minimum Gasteiger partial charge on any atom is -0.456 e. The molecule has 1 aliphatic rings. The number of imidazole rings is 1. The van der Waals surface area contributed by atoms with Crippen molar-refractivity contribution in [1.29, 1.82) is 0 Å². The monoisotopic (exact) mass is 634 g/mol. The van der Waals surface area contributed by atoms with Crippen LogP contribution in [-0.4, -0.2) is 14.4 Å². The Bertz CT molecular complexity index is 2960. The SMILES string of the molecule is [2H]C([2H])([2H])c1ccc(-c2c(C)ccc3c2oc2nc4ccccc4n23)cc1-c1nc(-c2c(C)ccc3c2Oc2ccccc2C3(C)C([2H])([2H])[2H])ccc1C([2H])([2H])[2H]. The lowest BCUT2D eigenvalue weighted by Gasteiger charge is -2.35. The first-order chi connectivity index (χ1) is 26.9. The third-order valence-corrected chi connectivity index (χ3v) is 9.57. The predicted octanol–water partition coefficient (Wildman–Crippen LogP) is 11.3. The second kappa shape index (κ2) is 10.2.